The Bertz CT molecular complexity index is 853. The molecule has 0 aliphatic heterocycles. The normalized spacial score (nSPS) is 11.2. The van der Waals surface area contributed by atoms with Gasteiger partial charge in [0.1, 0.15) is 5.82 Å². The third-order valence-corrected chi connectivity index (χ3v) is 5.03. The molecule has 2 aromatic carbocycles. The van der Waals surface area contributed by atoms with Crippen molar-refractivity contribution in [1.29, 1.82) is 0 Å². The molecule has 0 heterocycles. The first kappa shape index (κ1) is 18.9. The molecule has 2 aromatic rings. The molecular formula is C18H21FN2O3S. The Morgan fingerprint density at radius 3 is 2.56 bits per heavy atom. The highest BCUT2D eigenvalue weighted by Crippen LogP contribution is 2.19. The van der Waals surface area contributed by atoms with Crippen molar-refractivity contribution in [2.24, 2.45) is 0 Å². The van der Waals surface area contributed by atoms with E-state index < -0.39 is 10.0 Å². The van der Waals surface area contributed by atoms with E-state index in [2.05, 4.69) is 4.72 Å². The van der Waals surface area contributed by atoms with E-state index in [1.54, 1.807) is 50.4 Å². The molecule has 0 aliphatic rings. The van der Waals surface area contributed by atoms with Crippen LogP contribution >= 0.6 is 0 Å². The Morgan fingerprint density at radius 1 is 1.16 bits per heavy atom. The van der Waals surface area contributed by atoms with Crippen LogP contribution in [0.15, 0.2) is 48.5 Å². The highest BCUT2D eigenvalue weighted by Gasteiger charge is 2.19. The van der Waals surface area contributed by atoms with Crippen LogP contribution in [0.3, 0.4) is 0 Å². The van der Waals surface area contributed by atoms with Gasteiger partial charge in [0.2, 0.25) is 10.0 Å². The first-order valence-electron chi connectivity index (χ1n) is 7.92. The van der Waals surface area contributed by atoms with E-state index in [4.69, 9.17) is 0 Å². The van der Waals surface area contributed by atoms with E-state index in [-0.39, 0.29) is 35.3 Å². The number of amides is 1. The first-order valence-corrected chi connectivity index (χ1v) is 9.57. The number of rotatable bonds is 7. The maximum Gasteiger partial charge on any atom is 0.256 e. The summed E-state index contributed by atoms with van der Waals surface area (Å²) in [6, 6.07) is 12.4. The van der Waals surface area contributed by atoms with Crippen LogP contribution in [-0.2, 0) is 16.6 Å². The highest BCUT2D eigenvalue weighted by molar-refractivity contribution is 7.92. The average molecular weight is 364 g/mol. The first-order chi connectivity index (χ1) is 11.8. The summed E-state index contributed by atoms with van der Waals surface area (Å²) in [5.74, 6) is -0.737. The molecule has 2 rings (SSSR count). The predicted molar refractivity (Wildman–Crippen MR) is 96.3 cm³/mol. The van der Waals surface area contributed by atoms with Gasteiger partial charge in [0.05, 0.1) is 17.0 Å². The fraction of sp³-hybridized carbons (Fsp3) is 0.278. The second kappa shape index (κ2) is 8.11. The van der Waals surface area contributed by atoms with Gasteiger partial charge < -0.3 is 4.90 Å². The average Bonchev–Trinajstić information content (AvgIpc) is 2.54. The zero-order valence-electron chi connectivity index (χ0n) is 14.2. The minimum absolute atomic E-state index is 0.0192. The molecule has 0 saturated heterocycles. The lowest BCUT2D eigenvalue weighted by Gasteiger charge is -2.19. The number of nitrogens with one attached hydrogen (secondary N) is 1. The zero-order chi connectivity index (χ0) is 18.4. The fourth-order valence-corrected chi connectivity index (χ4v) is 3.59. The van der Waals surface area contributed by atoms with E-state index >= 15 is 0 Å². The number of hydrogen-bond acceptors (Lipinski definition) is 3. The van der Waals surface area contributed by atoms with Gasteiger partial charge in [-0.1, -0.05) is 31.2 Å². The molecule has 0 radical (unpaired) electrons. The van der Waals surface area contributed by atoms with E-state index in [9.17, 15) is 17.6 Å². The minimum Gasteiger partial charge on any atom is -0.337 e. The van der Waals surface area contributed by atoms with Crippen LogP contribution in [0.2, 0.25) is 0 Å². The van der Waals surface area contributed by atoms with Gasteiger partial charge in [0.15, 0.2) is 0 Å². The van der Waals surface area contributed by atoms with Crippen molar-refractivity contribution < 1.29 is 17.6 Å². The molecule has 5 nitrogen and oxygen atoms in total. The number of para-hydroxylation sites is 1. The summed E-state index contributed by atoms with van der Waals surface area (Å²) in [6.45, 7) is 1.98. The summed E-state index contributed by atoms with van der Waals surface area (Å²) in [6.07, 6.45) is 0.477. The third-order valence-electron chi connectivity index (χ3n) is 3.55. The van der Waals surface area contributed by atoms with E-state index in [1.165, 1.54) is 17.0 Å². The Balaban J connectivity index is 2.21. The molecule has 0 bridgehead atoms. The smallest absolute Gasteiger partial charge is 0.256 e. The molecule has 0 saturated carbocycles. The van der Waals surface area contributed by atoms with E-state index in [0.29, 0.717) is 12.0 Å². The minimum atomic E-state index is -3.50. The van der Waals surface area contributed by atoms with Crippen molar-refractivity contribution in [1.82, 2.24) is 4.90 Å². The van der Waals surface area contributed by atoms with Crippen molar-refractivity contribution in [3.8, 4) is 0 Å². The molecule has 0 fully saturated rings. The number of carbonyl (C=O) groups is 1. The molecule has 0 aromatic heterocycles. The van der Waals surface area contributed by atoms with Crippen molar-refractivity contribution in [3.05, 3.63) is 65.5 Å². The van der Waals surface area contributed by atoms with Crippen LogP contribution in [0.1, 0.15) is 29.3 Å². The molecular weight excluding hydrogens is 343 g/mol. The summed E-state index contributed by atoms with van der Waals surface area (Å²) in [4.78, 5) is 14.1. The van der Waals surface area contributed by atoms with Crippen LogP contribution < -0.4 is 4.72 Å². The van der Waals surface area contributed by atoms with Crippen LogP contribution in [0.5, 0.6) is 0 Å². The monoisotopic (exact) mass is 364 g/mol. The van der Waals surface area contributed by atoms with Crippen molar-refractivity contribution in [2.45, 2.75) is 19.9 Å². The van der Waals surface area contributed by atoms with Gasteiger partial charge in [-0.15, -0.1) is 0 Å². The number of carbonyl (C=O) groups excluding carboxylic acids is 1. The second-order valence-corrected chi connectivity index (χ2v) is 7.60. The van der Waals surface area contributed by atoms with Gasteiger partial charge in [-0.25, -0.2) is 12.8 Å². The highest BCUT2D eigenvalue weighted by atomic mass is 32.2. The molecule has 25 heavy (non-hydrogen) atoms. The van der Waals surface area contributed by atoms with Crippen LogP contribution in [0, 0.1) is 5.82 Å². The van der Waals surface area contributed by atoms with Crippen LogP contribution in [0.4, 0.5) is 10.1 Å². The number of halogens is 1. The summed E-state index contributed by atoms with van der Waals surface area (Å²) >= 11 is 0. The molecule has 134 valence electrons. The van der Waals surface area contributed by atoms with Gasteiger partial charge in [-0.3, -0.25) is 9.52 Å². The number of hydrogen-bond donors (Lipinski definition) is 1. The standard InChI is InChI=1S/C18H21FN2O3S/c1-3-11-25(23,24)20-17-10-5-4-9-16(17)18(22)21(2)13-14-7-6-8-15(19)12-14/h4-10,12,20H,3,11,13H2,1-2H3. The SMILES string of the molecule is CCCS(=O)(=O)Nc1ccccc1C(=O)N(C)Cc1cccc(F)c1. The van der Waals surface area contributed by atoms with Crippen molar-refractivity contribution in [3.63, 3.8) is 0 Å². The topological polar surface area (TPSA) is 66.5 Å². The Hall–Kier alpha value is -2.41. The largest absolute Gasteiger partial charge is 0.337 e. The predicted octanol–water partition coefficient (Wildman–Crippen LogP) is 3.25. The quantitative estimate of drug-likeness (QED) is 0.820. The second-order valence-electron chi connectivity index (χ2n) is 5.76. The molecule has 0 aliphatic carbocycles. The summed E-state index contributed by atoms with van der Waals surface area (Å²) in [5, 5.41) is 0. The molecule has 0 unspecified atom stereocenters. The molecule has 7 heteroatoms. The number of anilines is 1. The van der Waals surface area contributed by atoms with Crippen molar-refractivity contribution in [2.75, 3.05) is 17.5 Å². The lowest BCUT2D eigenvalue weighted by Crippen LogP contribution is -2.28. The van der Waals surface area contributed by atoms with Crippen molar-refractivity contribution >= 4 is 21.6 Å². The zero-order valence-corrected chi connectivity index (χ0v) is 15.0. The lowest BCUT2D eigenvalue weighted by molar-refractivity contribution is 0.0786. The van der Waals surface area contributed by atoms with Crippen LogP contribution in [0.25, 0.3) is 0 Å². The Morgan fingerprint density at radius 2 is 1.88 bits per heavy atom. The fourth-order valence-electron chi connectivity index (χ4n) is 2.43. The summed E-state index contributed by atoms with van der Waals surface area (Å²) < 4.78 is 39.7. The molecule has 0 atom stereocenters. The molecule has 1 amide bonds. The maximum absolute atomic E-state index is 13.3. The molecule has 1 N–H and O–H groups in total. The van der Waals surface area contributed by atoms with Gasteiger partial charge in [0.25, 0.3) is 5.91 Å². The third kappa shape index (κ3) is 5.29. The lowest BCUT2D eigenvalue weighted by atomic mass is 10.1. The Labute approximate surface area is 147 Å². The number of sulfonamides is 1. The van der Waals surface area contributed by atoms with Gasteiger partial charge in [-0.05, 0) is 36.2 Å². The number of nitrogens with zero attached hydrogens (tertiary/aromatic N) is 1. The van der Waals surface area contributed by atoms with E-state index in [0.717, 1.165) is 0 Å². The van der Waals surface area contributed by atoms with Crippen LogP contribution in [-0.4, -0.2) is 32.0 Å². The molecule has 0 spiro atoms. The Kier molecular flexibility index (Phi) is 6.14. The van der Waals surface area contributed by atoms with E-state index in [1.807, 2.05) is 0 Å². The summed E-state index contributed by atoms with van der Waals surface area (Å²) in [5.41, 5.74) is 1.15. The number of benzene rings is 2. The van der Waals surface area contributed by atoms with Gasteiger partial charge in [0, 0.05) is 13.6 Å². The van der Waals surface area contributed by atoms with Gasteiger partial charge in [-0.2, -0.15) is 0 Å². The van der Waals surface area contributed by atoms with Gasteiger partial charge >= 0.3 is 0 Å². The summed E-state index contributed by atoms with van der Waals surface area (Å²) in [7, 11) is -1.91. The maximum atomic E-state index is 13.3.